The van der Waals surface area contributed by atoms with E-state index < -0.39 is 4.92 Å². The maximum atomic E-state index is 12.1. The Morgan fingerprint density at radius 3 is 2.81 bits per heavy atom. The molecule has 1 aromatic heterocycles. The van der Waals surface area contributed by atoms with Crippen molar-refractivity contribution in [2.75, 3.05) is 11.9 Å². The van der Waals surface area contributed by atoms with E-state index in [2.05, 4.69) is 15.5 Å². The molecule has 0 aliphatic carbocycles. The number of carbonyl (C=O) groups excluding carboxylic acids is 1. The summed E-state index contributed by atoms with van der Waals surface area (Å²) in [6.07, 6.45) is 0.846. The van der Waals surface area contributed by atoms with E-state index in [1.807, 2.05) is 30.3 Å². The van der Waals surface area contributed by atoms with Crippen molar-refractivity contribution in [2.45, 2.75) is 19.4 Å². The van der Waals surface area contributed by atoms with Crippen molar-refractivity contribution >= 4 is 28.3 Å². The smallest absolute Gasteiger partial charge is 0.270 e. The van der Waals surface area contributed by atoms with Gasteiger partial charge in [0.1, 0.15) is 0 Å². The highest BCUT2D eigenvalue weighted by atomic mass is 16.6. The van der Waals surface area contributed by atoms with Gasteiger partial charge in [-0.25, -0.2) is 0 Å². The van der Waals surface area contributed by atoms with Gasteiger partial charge in [0.2, 0.25) is 5.91 Å². The van der Waals surface area contributed by atoms with Crippen molar-refractivity contribution in [3.63, 3.8) is 0 Å². The van der Waals surface area contributed by atoms with Crippen LogP contribution in [0.15, 0.2) is 48.5 Å². The maximum absolute atomic E-state index is 12.1. The van der Waals surface area contributed by atoms with E-state index >= 15 is 0 Å². The zero-order valence-corrected chi connectivity index (χ0v) is 14.0. The summed E-state index contributed by atoms with van der Waals surface area (Å²) in [5.41, 5.74) is 1.65. The zero-order valence-electron chi connectivity index (χ0n) is 14.0. The van der Waals surface area contributed by atoms with E-state index in [0.717, 1.165) is 5.56 Å². The average molecular weight is 354 g/mol. The number of aromatic nitrogens is 2. The van der Waals surface area contributed by atoms with Crippen molar-refractivity contribution in [3.8, 4) is 0 Å². The van der Waals surface area contributed by atoms with Crippen molar-refractivity contribution in [1.82, 2.24) is 10.2 Å². The topological polar surface area (TPSA) is 110 Å². The first-order valence-corrected chi connectivity index (χ1v) is 8.17. The summed E-state index contributed by atoms with van der Waals surface area (Å²) in [5.74, 6) is 0.0760. The number of ether oxygens (including phenoxy) is 1. The van der Waals surface area contributed by atoms with Gasteiger partial charge in [-0.15, -0.1) is 0 Å². The molecule has 0 aliphatic rings. The van der Waals surface area contributed by atoms with Gasteiger partial charge in [0, 0.05) is 25.2 Å². The van der Waals surface area contributed by atoms with Crippen molar-refractivity contribution in [2.24, 2.45) is 0 Å². The number of H-pyrrole nitrogens is 1. The highest BCUT2D eigenvalue weighted by Gasteiger charge is 2.13. The number of carbonyl (C=O) groups is 1. The predicted octanol–water partition coefficient (Wildman–Crippen LogP) is 3.41. The molecule has 0 aliphatic heterocycles. The Kier molecular flexibility index (Phi) is 5.55. The fourth-order valence-electron chi connectivity index (χ4n) is 2.50. The normalized spacial score (nSPS) is 10.8. The molecule has 1 amide bonds. The molecule has 0 saturated heterocycles. The number of amides is 1. The number of nitro groups is 1. The maximum Gasteiger partial charge on any atom is 0.270 e. The molecule has 0 atom stereocenters. The highest BCUT2D eigenvalue weighted by molar-refractivity contribution is 6.00. The molecule has 3 aromatic rings. The number of rotatable bonds is 8. The monoisotopic (exact) mass is 354 g/mol. The van der Waals surface area contributed by atoms with Gasteiger partial charge in [-0.3, -0.25) is 20.0 Å². The van der Waals surface area contributed by atoms with E-state index in [9.17, 15) is 14.9 Å². The molecule has 134 valence electrons. The van der Waals surface area contributed by atoms with Crippen LogP contribution in [0.5, 0.6) is 0 Å². The summed E-state index contributed by atoms with van der Waals surface area (Å²) >= 11 is 0. The SMILES string of the molecule is O=C(CCCOCc1ccccc1)Nc1n[nH]c2ccc([N+](=O)[O-])cc12. The number of hydrogen-bond donors (Lipinski definition) is 2. The van der Waals surface area contributed by atoms with Crippen LogP contribution >= 0.6 is 0 Å². The van der Waals surface area contributed by atoms with Crippen LogP contribution in [0.3, 0.4) is 0 Å². The zero-order chi connectivity index (χ0) is 18.4. The van der Waals surface area contributed by atoms with Crippen LogP contribution < -0.4 is 5.32 Å². The average Bonchev–Trinajstić information content (AvgIpc) is 3.04. The third kappa shape index (κ3) is 4.42. The molecule has 0 radical (unpaired) electrons. The van der Waals surface area contributed by atoms with Gasteiger partial charge < -0.3 is 10.1 Å². The molecule has 0 spiro atoms. The fraction of sp³-hybridized carbons (Fsp3) is 0.222. The third-order valence-corrected chi connectivity index (χ3v) is 3.82. The van der Waals surface area contributed by atoms with Gasteiger partial charge in [-0.1, -0.05) is 30.3 Å². The number of fused-ring (bicyclic) bond motifs is 1. The molecule has 0 fully saturated rings. The summed E-state index contributed by atoms with van der Waals surface area (Å²) in [6, 6.07) is 14.1. The summed E-state index contributed by atoms with van der Waals surface area (Å²) in [4.78, 5) is 22.4. The Balaban J connectivity index is 1.48. The quantitative estimate of drug-likeness (QED) is 0.366. The third-order valence-electron chi connectivity index (χ3n) is 3.82. The summed E-state index contributed by atoms with van der Waals surface area (Å²) in [5, 5.41) is 20.8. The minimum Gasteiger partial charge on any atom is -0.377 e. The second kappa shape index (κ2) is 8.21. The summed E-state index contributed by atoms with van der Waals surface area (Å²) < 4.78 is 5.54. The number of hydrogen-bond acceptors (Lipinski definition) is 5. The van der Waals surface area contributed by atoms with Crippen molar-refractivity contribution in [1.29, 1.82) is 0 Å². The minimum atomic E-state index is -0.484. The predicted molar refractivity (Wildman–Crippen MR) is 96.7 cm³/mol. The highest BCUT2D eigenvalue weighted by Crippen LogP contribution is 2.25. The molecule has 0 bridgehead atoms. The second-order valence-electron chi connectivity index (χ2n) is 5.75. The number of nitrogens with one attached hydrogen (secondary N) is 2. The first kappa shape index (κ1) is 17.6. The van der Waals surface area contributed by atoms with Crippen LogP contribution in [0.25, 0.3) is 10.9 Å². The number of nitrogens with zero attached hydrogens (tertiary/aromatic N) is 2. The molecule has 8 heteroatoms. The van der Waals surface area contributed by atoms with E-state index in [4.69, 9.17) is 4.74 Å². The largest absolute Gasteiger partial charge is 0.377 e. The number of aromatic amines is 1. The van der Waals surface area contributed by atoms with Gasteiger partial charge in [0.25, 0.3) is 5.69 Å². The molecule has 26 heavy (non-hydrogen) atoms. The molecule has 8 nitrogen and oxygen atoms in total. The Morgan fingerprint density at radius 1 is 1.23 bits per heavy atom. The van der Waals surface area contributed by atoms with Crippen LogP contribution in [0.4, 0.5) is 11.5 Å². The lowest BCUT2D eigenvalue weighted by Gasteiger charge is -2.05. The number of benzene rings is 2. The molecule has 2 aromatic carbocycles. The standard InChI is InChI=1S/C18H18N4O4/c23-17(7-4-10-26-12-13-5-2-1-3-6-13)19-18-15-11-14(22(24)25)8-9-16(15)20-21-18/h1-3,5-6,8-9,11H,4,7,10,12H2,(H2,19,20,21,23). The second-order valence-corrected chi connectivity index (χ2v) is 5.75. The van der Waals surface area contributed by atoms with E-state index in [-0.39, 0.29) is 18.0 Å². The minimum absolute atomic E-state index is 0.0521. The number of anilines is 1. The Bertz CT molecular complexity index is 908. The first-order valence-electron chi connectivity index (χ1n) is 8.17. The van der Waals surface area contributed by atoms with E-state index in [1.165, 1.54) is 12.1 Å². The number of non-ortho nitro benzene ring substituents is 1. The van der Waals surface area contributed by atoms with E-state index in [1.54, 1.807) is 6.07 Å². The fourth-order valence-corrected chi connectivity index (χ4v) is 2.50. The van der Waals surface area contributed by atoms with Crippen LogP contribution in [0, 0.1) is 10.1 Å². The van der Waals surface area contributed by atoms with Crippen LogP contribution in [-0.2, 0) is 16.1 Å². The summed E-state index contributed by atoms with van der Waals surface area (Å²) in [6.45, 7) is 0.977. The molecule has 2 N–H and O–H groups in total. The molecule has 0 unspecified atom stereocenters. The lowest BCUT2D eigenvalue weighted by Crippen LogP contribution is -2.12. The van der Waals surface area contributed by atoms with Crippen molar-refractivity contribution in [3.05, 3.63) is 64.2 Å². The Morgan fingerprint density at radius 2 is 2.04 bits per heavy atom. The van der Waals surface area contributed by atoms with Gasteiger partial charge in [-0.2, -0.15) is 5.10 Å². The molecule has 3 rings (SSSR count). The van der Waals surface area contributed by atoms with Gasteiger partial charge >= 0.3 is 0 Å². The van der Waals surface area contributed by atoms with Gasteiger partial charge in [0.05, 0.1) is 22.4 Å². The Hall–Kier alpha value is -3.26. The van der Waals surface area contributed by atoms with Crippen molar-refractivity contribution < 1.29 is 14.5 Å². The first-order chi connectivity index (χ1) is 12.6. The molecule has 1 heterocycles. The lowest BCUT2D eigenvalue weighted by molar-refractivity contribution is -0.384. The number of nitro benzene ring substituents is 1. The molecule has 0 saturated carbocycles. The summed E-state index contributed by atoms with van der Waals surface area (Å²) in [7, 11) is 0. The van der Waals surface area contributed by atoms with Crippen LogP contribution in [-0.4, -0.2) is 27.6 Å². The van der Waals surface area contributed by atoms with E-state index in [0.29, 0.717) is 36.4 Å². The van der Waals surface area contributed by atoms with Crippen LogP contribution in [0.1, 0.15) is 18.4 Å². The van der Waals surface area contributed by atoms with Crippen LogP contribution in [0.2, 0.25) is 0 Å². The molecular formula is C18H18N4O4. The Labute approximate surface area is 149 Å². The van der Waals surface area contributed by atoms with Gasteiger partial charge in [-0.05, 0) is 18.1 Å². The lowest BCUT2D eigenvalue weighted by atomic mass is 10.2. The molecular weight excluding hydrogens is 336 g/mol. The van der Waals surface area contributed by atoms with Gasteiger partial charge in [0.15, 0.2) is 5.82 Å².